The van der Waals surface area contributed by atoms with Gasteiger partial charge in [0, 0.05) is 17.8 Å². The van der Waals surface area contributed by atoms with Crippen molar-refractivity contribution in [1.82, 2.24) is 0 Å². The Bertz CT molecular complexity index is 3030. The minimum Gasteiger partial charge on any atom is -0.494 e. The van der Waals surface area contributed by atoms with Crippen molar-refractivity contribution in [3.63, 3.8) is 0 Å². The molecule has 0 aliphatic carbocycles. The summed E-state index contributed by atoms with van der Waals surface area (Å²) in [7, 11) is 0. The van der Waals surface area contributed by atoms with Gasteiger partial charge in [-0.1, -0.05) is 30.3 Å². The van der Waals surface area contributed by atoms with Crippen molar-refractivity contribution in [3.8, 4) is 28.7 Å². The summed E-state index contributed by atoms with van der Waals surface area (Å²) in [6.07, 6.45) is -9.18. The van der Waals surface area contributed by atoms with Crippen molar-refractivity contribution in [2.75, 3.05) is 66.1 Å². The maximum Gasteiger partial charge on any atom is 0.549 e. The first-order chi connectivity index (χ1) is 43.5. The summed E-state index contributed by atoms with van der Waals surface area (Å²) >= 11 is 0. The fourth-order valence-electron chi connectivity index (χ4n) is 7.72. The summed E-state index contributed by atoms with van der Waals surface area (Å²) in [4.78, 5) is 176. The van der Waals surface area contributed by atoms with Gasteiger partial charge in [-0.15, -0.1) is 0 Å². The Balaban J connectivity index is 1.43. The molecule has 30 nitrogen and oxygen atoms in total. The van der Waals surface area contributed by atoms with Gasteiger partial charge in [-0.05, 0) is 138 Å². The van der Waals surface area contributed by atoms with Crippen molar-refractivity contribution in [1.29, 1.82) is 0 Å². The molecular weight excluding hydrogens is 1200 g/mol. The highest BCUT2D eigenvalue weighted by atomic mass is 17.3. The van der Waals surface area contributed by atoms with E-state index >= 15 is 0 Å². The van der Waals surface area contributed by atoms with Crippen molar-refractivity contribution in [3.05, 3.63) is 149 Å². The molecular formula is C60H62O30. The normalized spacial score (nSPS) is 11.3. The molecule has 30 heteroatoms. The molecule has 482 valence electrons. The molecule has 0 radical (unpaired) electrons. The van der Waals surface area contributed by atoms with E-state index in [0.29, 0.717) is 11.5 Å². The van der Waals surface area contributed by atoms with Crippen LogP contribution in [0.1, 0.15) is 99.3 Å². The highest BCUT2D eigenvalue weighted by Gasteiger charge is 2.35. The predicted molar refractivity (Wildman–Crippen MR) is 297 cm³/mol. The molecule has 0 aromatic heterocycles. The fraction of sp³-hybridized carbons (Fsp3) is 0.333. The van der Waals surface area contributed by atoms with Gasteiger partial charge in [-0.3, -0.25) is 0 Å². The van der Waals surface area contributed by atoms with Crippen LogP contribution in [0.25, 0.3) is 0 Å². The smallest absolute Gasteiger partial charge is 0.494 e. The number of hydrogen-bond acceptors (Lipinski definition) is 30. The lowest BCUT2D eigenvalue weighted by molar-refractivity contribution is -0.210. The van der Waals surface area contributed by atoms with Gasteiger partial charge in [0.05, 0.1) is 93.9 Å². The van der Waals surface area contributed by atoms with E-state index in [2.05, 4.69) is 34.2 Å². The van der Waals surface area contributed by atoms with Crippen LogP contribution in [0.3, 0.4) is 0 Å². The highest BCUT2D eigenvalue weighted by molar-refractivity contribution is 5.92. The van der Waals surface area contributed by atoms with E-state index in [1.165, 1.54) is 91.0 Å². The van der Waals surface area contributed by atoms with Crippen LogP contribution >= 0.6 is 0 Å². The van der Waals surface area contributed by atoms with Crippen molar-refractivity contribution in [2.45, 2.75) is 47.5 Å². The predicted octanol–water partition coefficient (Wildman–Crippen LogP) is 10.2. The molecule has 0 amide bonds. The largest absolute Gasteiger partial charge is 0.549 e. The second-order valence-electron chi connectivity index (χ2n) is 17.7. The van der Waals surface area contributed by atoms with Crippen LogP contribution in [0, 0.1) is 17.8 Å². The molecule has 0 heterocycles. The Labute approximate surface area is 512 Å². The Kier molecular flexibility index (Phi) is 29.4. The molecule has 0 N–H and O–H groups in total. The number of ether oxygens (including phenoxy) is 10. The molecule has 0 aliphatic heterocycles. The SMILES string of the molecule is CCOc1cccc(C(=O)OOC(=O)OCCC(COC(=O)OOC(=O)c2cccc(OCC)c2)C(COC(=O)OOC(=O)c2cccc(OCC)c2)C(CCOC(=O)OOC(=O)c2cccc(OCC)c2)COC(=O)OOC(=O)c2cccc(OCC)c2)c1. The van der Waals surface area contributed by atoms with Gasteiger partial charge in [-0.25, -0.2) is 72.8 Å². The zero-order valence-corrected chi connectivity index (χ0v) is 49.0. The number of carbonyl (C=O) groups excluding carboxylic acids is 10. The molecule has 0 bridgehead atoms. The summed E-state index contributed by atoms with van der Waals surface area (Å²) in [6.45, 7) is 5.64. The zero-order chi connectivity index (χ0) is 65.0. The van der Waals surface area contributed by atoms with Crippen molar-refractivity contribution in [2.24, 2.45) is 17.8 Å². The van der Waals surface area contributed by atoms with Gasteiger partial charge >= 0.3 is 60.6 Å². The van der Waals surface area contributed by atoms with Gasteiger partial charge in [0.2, 0.25) is 0 Å². The van der Waals surface area contributed by atoms with E-state index in [1.54, 1.807) is 65.0 Å². The maximum absolute atomic E-state index is 13.3. The Morgan fingerprint density at radius 2 is 0.511 bits per heavy atom. The maximum atomic E-state index is 13.3. The molecule has 0 saturated carbocycles. The molecule has 5 aromatic carbocycles. The van der Waals surface area contributed by atoms with Gasteiger partial charge in [0.1, 0.15) is 28.7 Å². The topological polar surface area (TPSA) is 355 Å². The number of carbonyl (C=O) groups is 10. The van der Waals surface area contributed by atoms with Gasteiger partial charge in [0.15, 0.2) is 0 Å². The lowest BCUT2D eigenvalue weighted by Crippen LogP contribution is -2.37. The third-order valence-corrected chi connectivity index (χ3v) is 11.7. The van der Waals surface area contributed by atoms with Crippen LogP contribution in [0.15, 0.2) is 121 Å². The third kappa shape index (κ3) is 24.6. The molecule has 0 aliphatic rings. The molecule has 5 rings (SSSR count). The highest BCUT2D eigenvalue weighted by Crippen LogP contribution is 2.30. The molecule has 0 fully saturated rings. The standard InChI is InChI=1S/C60H62O30/c1-6-71-45-21-11-16-38(30-45)51(61)81-86-56(66)76-28-26-43(35-78-58(68)88-83-53(63)40-18-13-23-47(32-40)73-8-3)50(37-80-60(70)90-85-55(65)42-20-15-25-49(34-42)75-10-5)44(36-79-59(69)89-84-54(64)41-19-14-24-48(33-41)74-9-4)27-29-77-57(67)87-82-52(62)39-17-12-22-46(31-39)72-7-2/h11-25,30-34,43-44,50H,6-10,26-29,35-37H2,1-5H3. The monoisotopic (exact) mass is 1260 g/mol. The first-order valence-corrected chi connectivity index (χ1v) is 27.4. The van der Waals surface area contributed by atoms with Crippen molar-refractivity contribution < 1.29 is 144 Å². The minimum absolute atomic E-state index is 0.0843. The first kappa shape index (κ1) is 69.6. The molecule has 0 spiro atoms. The van der Waals surface area contributed by atoms with Gasteiger partial charge in [0.25, 0.3) is 0 Å². The Hall–Kier alpha value is -11.2. The van der Waals surface area contributed by atoms with Crippen LogP contribution in [-0.2, 0) is 72.6 Å². The zero-order valence-electron chi connectivity index (χ0n) is 49.0. The quantitative estimate of drug-likeness (QED) is 0.0186. The summed E-state index contributed by atoms with van der Waals surface area (Å²) in [5, 5.41) is 0. The lowest BCUT2D eigenvalue weighted by atomic mass is 9.79. The Morgan fingerprint density at radius 1 is 0.289 bits per heavy atom. The molecule has 5 aromatic rings. The van der Waals surface area contributed by atoms with Gasteiger partial charge in [-0.2, -0.15) is 24.0 Å². The van der Waals surface area contributed by atoms with Crippen LogP contribution in [0.2, 0.25) is 0 Å². The average molecular weight is 1260 g/mol. The van der Waals surface area contributed by atoms with E-state index in [9.17, 15) is 47.9 Å². The van der Waals surface area contributed by atoms with Crippen LogP contribution < -0.4 is 23.7 Å². The molecule has 2 atom stereocenters. The summed E-state index contributed by atoms with van der Waals surface area (Å²) < 4.78 is 53.4. The molecule has 90 heavy (non-hydrogen) atoms. The van der Waals surface area contributed by atoms with E-state index in [-0.39, 0.29) is 78.1 Å². The first-order valence-electron chi connectivity index (χ1n) is 27.4. The second kappa shape index (κ2) is 38.1. The van der Waals surface area contributed by atoms with Crippen LogP contribution in [-0.4, -0.2) is 127 Å². The van der Waals surface area contributed by atoms with E-state index < -0.39 is 124 Å². The van der Waals surface area contributed by atoms with Crippen LogP contribution in [0.5, 0.6) is 28.7 Å². The molecule has 2 unspecified atom stereocenters. The fourth-order valence-corrected chi connectivity index (χ4v) is 7.72. The number of benzene rings is 5. The van der Waals surface area contributed by atoms with E-state index in [4.69, 9.17) is 62.0 Å². The number of rotatable bonds is 29. The summed E-state index contributed by atoms with van der Waals surface area (Å²) in [5.41, 5.74) is -0.518. The minimum atomic E-state index is -1.69. The Morgan fingerprint density at radius 3 is 0.744 bits per heavy atom. The summed E-state index contributed by atoms with van der Waals surface area (Å²) in [5.74, 6) is -8.60. The average Bonchev–Trinajstić information content (AvgIpc) is 3.31. The van der Waals surface area contributed by atoms with E-state index in [1.807, 2.05) is 0 Å². The van der Waals surface area contributed by atoms with Crippen LogP contribution in [0.4, 0.5) is 24.0 Å². The lowest BCUT2D eigenvalue weighted by Gasteiger charge is -2.32. The van der Waals surface area contributed by atoms with Crippen molar-refractivity contribution >= 4 is 60.6 Å². The number of hydrogen-bond donors (Lipinski definition) is 0. The van der Waals surface area contributed by atoms with E-state index in [0.717, 1.165) is 0 Å². The summed E-state index contributed by atoms with van der Waals surface area (Å²) in [6, 6.07) is 28.2. The van der Waals surface area contributed by atoms with Gasteiger partial charge < -0.3 is 47.4 Å². The third-order valence-electron chi connectivity index (χ3n) is 11.7. The molecule has 0 saturated heterocycles. The second-order valence-corrected chi connectivity index (χ2v) is 17.7.